The van der Waals surface area contributed by atoms with Gasteiger partial charge in [-0.25, -0.2) is 0 Å². The first-order valence-corrected chi connectivity index (χ1v) is 6.50. The van der Waals surface area contributed by atoms with Crippen molar-refractivity contribution in [2.45, 2.75) is 31.1 Å². The smallest absolute Gasteiger partial charge is 0.271 e. The number of aromatic nitrogens is 2. The van der Waals surface area contributed by atoms with E-state index in [-0.39, 0.29) is 11.3 Å². The molecule has 2 atom stereocenters. The highest BCUT2D eigenvalue weighted by Gasteiger charge is 2.21. The van der Waals surface area contributed by atoms with Crippen LogP contribution in [-0.2, 0) is 7.05 Å². The molecule has 1 heterocycles. The molecule has 4 nitrogen and oxygen atoms in total. The Morgan fingerprint density at radius 3 is 3.12 bits per heavy atom. The average Bonchev–Trinajstić information content (AvgIpc) is 2.73. The summed E-state index contributed by atoms with van der Waals surface area (Å²) in [5.41, 5.74) is 0.478. The van der Waals surface area contributed by atoms with Crippen molar-refractivity contribution in [3.8, 4) is 0 Å². The molecule has 1 amide bonds. The second-order valence-electron chi connectivity index (χ2n) is 4.71. The Kier molecular flexibility index (Phi) is 4.05. The monoisotopic (exact) mass is 255 g/mol. The molecule has 0 spiro atoms. The maximum Gasteiger partial charge on any atom is 0.271 e. The standard InChI is InChI=1S/C12H18ClN3O/c1-16-6-5-11(15-16)12(17)14-8-9-3-2-4-10(13)7-9/h5-6,9-10H,2-4,7-8H2,1H3,(H,14,17). The molecule has 1 saturated carbocycles. The summed E-state index contributed by atoms with van der Waals surface area (Å²) in [5.74, 6) is 0.418. The summed E-state index contributed by atoms with van der Waals surface area (Å²) >= 11 is 6.12. The zero-order valence-electron chi connectivity index (χ0n) is 10.0. The third-order valence-corrected chi connectivity index (χ3v) is 3.61. The molecule has 1 aliphatic carbocycles. The van der Waals surface area contributed by atoms with Gasteiger partial charge in [0.25, 0.3) is 5.91 Å². The Bertz CT molecular complexity index is 391. The van der Waals surface area contributed by atoms with Crippen LogP contribution in [0.4, 0.5) is 0 Å². The Morgan fingerprint density at radius 2 is 2.47 bits per heavy atom. The number of hydrogen-bond acceptors (Lipinski definition) is 2. The molecular weight excluding hydrogens is 238 g/mol. The fraction of sp³-hybridized carbons (Fsp3) is 0.667. The summed E-state index contributed by atoms with van der Waals surface area (Å²) in [4.78, 5) is 11.8. The van der Waals surface area contributed by atoms with E-state index in [1.54, 1.807) is 24.0 Å². The lowest BCUT2D eigenvalue weighted by molar-refractivity contribution is 0.0938. The largest absolute Gasteiger partial charge is 0.350 e. The molecule has 1 aliphatic rings. The highest BCUT2D eigenvalue weighted by molar-refractivity contribution is 6.20. The summed E-state index contributed by atoms with van der Waals surface area (Å²) in [6.45, 7) is 0.707. The van der Waals surface area contributed by atoms with Crippen LogP contribution in [0.2, 0.25) is 0 Å². The van der Waals surface area contributed by atoms with Crippen molar-refractivity contribution in [3.05, 3.63) is 18.0 Å². The van der Waals surface area contributed by atoms with Crippen LogP contribution in [0.5, 0.6) is 0 Å². The number of carbonyl (C=O) groups is 1. The van der Waals surface area contributed by atoms with Gasteiger partial charge in [-0.2, -0.15) is 5.10 Å². The van der Waals surface area contributed by atoms with Crippen molar-refractivity contribution in [1.82, 2.24) is 15.1 Å². The van der Waals surface area contributed by atoms with E-state index in [1.807, 2.05) is 0 Å². The lowest BCUT2D eigenvalue weighted by Gasteiger charge is -2.25. The summed E-state index contributed by atoms with van der Waals surface area (Å²) in [6.07, 6.45) is 6.20. The lowest BCUT2D eigenvalue weighted by atomic mass is 9.89. The van der Waals surface area contributed by atoms with Crippen molar-refractivity contribution >= 4 is 17.5 Å². The summed E-state index contributed by atoms with van der Waals surface area (Å²) in [6, 6.07) is 1.72. The van der Waals surface area contributed by atoms with E-state index in [4.69, 9.17) is 11.6 Å². The molecule has 1 aromatic heterocycles. The van der Waals surface area contributed by atoms with E-state index in [0.29, 0.717) is 18.2 Å². The zero-order chi connectivity index (χ0) is 12.3. The van der Waals surface area contributed by atoms with Crippen LogP contribution in [0.15, 0.2) is 12.3 Å². The minimum Gasteiger partial charge on any atom is -0.350 e. The van der Waals surface area contributed by atoms with Crippen LogP contribution in [0.1, 0.15) is 36.2 Å². The summed E-state index contributed by atoms with van der Waals surface area (Å²) in [5, 5.41) is 7.28. The number of amides is 1. The maximum atomic E-state index is 11.8. The minimum absolute atomic E-state index is 0.0951. The molecule has 2 unspecified atom stereocenters. The molecule has 1 N–H and O–H groups in total. The van der Waals surface area contributed by atoms with E-state index in [1.165, 1.54) is 0 Å². The SMILES string of the molecule is Cn1ccc(C(=O)NCC2CCCC(Cl)C2)n1. The van der Waals surface area contributed by atoms with E-state index in [2.05, 4.69) is 10.4 Å². The van der Waals surface area contributed by atoms with Gasteiger partial charge in [-0.05, 0) is 31.2 Å². The number of aryl methyl sites for hydroxylation is 1. The van der Waals surface area contributed by atoms with Crippen LogP contribution in [0.25, 0.3) is 0 Å². The second kappa shape index (κ2) is 5.54. The van der Waals surface area contributed by atoms with Gasteiger partial charge in [0.15, 0.2) is 0 Å². The van der Waals surface area contributed by atoms with Crippen molar-refractivity contribution in [2.24, 2.45) is 13.0 Å². The zero-order valence-corrected chi connectivity index (χ0v) is 10.8. The van der Waals surface area contributed by atoms with Crippen LogP contribution >= 0.6 is 11.6 Å². The predicted molar refractivity (Wildman–Crippen MR) is 67.1 cm³/mol. The average molecular weight is 256 g/mol. The number of nitrogens with zero attached hydrogens (tertiary/aromatic N) is 2. The second-order valence-corrected chi connectivity index (χ2v) is 5.33. The molecule has 1 fully saturated rings. The molecule has 0 aromatic carbocycles. The molecule has 0 bridgehead atoms. The molecule has 0 radical (unpaired) electrons. The number of halogens is 1. The van der Waals surface area contributed by atoms with Gasteiger partial charge in [0.2, 0.25) is 0 Å². The van der Waals surface area contributed by atoms with Crippen LogP contribution in [-0.4, -0.2) is 27.6 Å². The molecular formula is C12H18ClN3O. The lowest BCUT2D eigenvalue weighted by Crippen LogP contribution is -2.32. The van der Waals surface area contributed by atoms with Crippen LogP contribution < -0.4 is 5.32 Å². The molecule has 0 saturated heterocycles. The van der Waals surface area contributed by atoms with Crippen LogP contribution in [0.3, 0.4) is 0 Å². The Balaban J connectivity index is 1.80. The van der Waals surface area contributed by atoms with Gasteiger partial charge in [0, 0.05) is 25.2 Å². The number of hydrogen-bond donors (Lipinski definition) is 1. The molecule has 1 aromatic rings. The first-order chi connectivity index (χ1) is 8.15. The van der Waals surface area contributed by atoms with Gasteiger partial charge >= 0.3 is 0 Å². The Morgan fingerprint density at radius 1 is 1.65 bits per heavy atom. The minimum atomic E-state index is -0.0951. The van der Waals surface area contributed by atoms with Crippen molar-refractivity contribution in [2.75, 3.05) is 6.54 Å². The topological polar surface area (TPSA) is 46.9 Å². The molecule has 2 rings (SSSR count). The van der Waals surface area contributed by atoms with E-state index in [9.17, 15) is 4.79 Å². The fourth-order valence-electron chi connectivity index (χ4n) is 2.27. The quantitative estimate of drug-likeness (QED) is 0.840. The number of nitrogens with one attached hydrogen (secondary N) is 1. The molecule has 5 heteroatoms. The van der Waals surface area contributed by atoms with Gasteiger partial charge in [-0.1, -0.05) is 6.42 Å². The molecule has 17 heavy (non-hydrogen) atoms. The Labute approximate surface area is 106 Å². The van der Waals surface area contributed by atoms with Gasteiger partial charge in [-0.15, -0.1) is 11.6 Å². The van der Waals surface area contributed by atoms with Gasteiger partial charge < -0.3 is 5.32 Å². The number of alkyl halides is 1. The van der Waals surface area contributed by atoms with Crippen molar-refractivity contribution in [1.29, 1.82) is 0 Å². The summed E-state index contributed by atoms with van der Waals surface area (Å²) < 4.78 is 1.63. The predicted octanol–water partition coefficient (Wildman–Crippen LogP) is 1.95. The normalized spacial score (nSPS) is 24.6. The molecule has 0 aliphatic heterocycles. The Hall–Kier alpha value is -1.03. The maximum absolute atomic E-state index is 11.8. The van der Waals surface area contributed by atoms with E-state index >= 15 is 0 Å². The van der Waals surface area contributed by atoms with Crippen molar-refractivity contribution in [3.63, 3.8) is 0 Å². The first-order valence-electron chi connectivity index (χ1n) is 6.07. The third kappa shape index (κ3) is 3.46. The van der Waals surface area contributed by atoms with Gasteiger partial charge in [0.1, 0.15) is 5.69 Å². The number of rotatable bonds is 3. The number of carbonyl (C=O) groups excluding carboxylic acids is 1. The highest BCUT2D eigenvalue weighted by atomic mass is 35.5. The van der Waals surface area contributed by atoms with Crippen molar-refractivity contribution < 1.29 is 4.79 Å². The highest BCUT2D eigenvalue weighted by Crippen LogP contribution is 2.27. The molecule has 94 valence electrons. The van der Waals surface area contributed by atoms with Gasteiger partial charge in [0.05, 0.1) is 0 Å². The third-order valence-electron chi connectivity index (χ3n) is 3.22. The van der Waals surface area contributed by atoms with E-state index < -0.39 is 0 Å². The first kappa shape index (κ1) is 12.4. The summed E-state index contributed by atoms with van der Waals surface area (Å²) in [7, 11) is 1.80. The fourth-order valence-corrected chi connectivity index (χ4v) is 2.68. The van der Waals surface area contributed by atoms with Crippen LogP contribution in [0, 0.1) is 5.92 Å². The van der Waals surface area contributed by atoms with Gasteiger partial charge in [-0.3, -0.25) is 9.48 Å². The van der Waals surface area contributed by atoms with E-state index in [0.717, 1.165) is 25.7 Å².